The molecular weight excluding hydrogens is 370 g/mol. The van der Waals surface area contributed by atoms with Gasteiger partial charge in [0.2, 0.25) is 5.91 Å². The molecule has 2 rings (SSSR count). The summed E-state index contributed by atoms with van der Waals surface area (Å²) in [5.74, 6) is 0.783. The van der Waals surface area contributed by atoms with E-state index in [1.54, 1.807) is 30.2 Å². The molecule has 0 aromatic heterocycles. The van der Waals surface area contributed by atoms with Crippen LogP contribution in [-0.2, 0) is 4.79 Å². The molecule has 1 saturated heterocycles. The minimum Gasteiger partial charge on any atom is -0.497 e. The maximum Gasteiger partial charge on any atom is 0.258 e. The molecule has 2 amide bonds. The molecule has 1 aliphatic heterocycles. The van der Waals surface area contributed by atoms with Crippen LogP contribution in [0.5, 0.6) is 11.5 Å². The highest BCUT2D eigenvalue weighted by Gasteiger charge is 2.35. The molecule has 1 unspecified atom stereocenters. The Labute approximate surface area is 167 Å². The summed E-state index contributed by atoms with van der Waals surface area (Å²) in [6.45, 7) is 4.89. The summed E-state index contributed by atoms with van der Waals surface area (Å²) in [4.78, 5) is 27.1. The molecule has 0 aliphatic carbocycles. The molecule has 1 aromatic carbocycles. The van der Waals surface area contributed by atoms with Crippen LogP contribution in [0.15, 0.2) is 18.2 Å². The largest absolute Gasteiger partial charge is 0.497 e. The van der Waals surface area contributed by atoms with Crippen molar-refractivity contribution in [1.82, 2.24) is 15.5 Å². The summed E-state index contributed by atoms with van der Waals surface area (Å²) in [5, 5.41) is 6.16. The predicted octanol–water partition coefficient (Wildman–Crippen LogP) is 1.85. The minimum atomic E-state index is -0.430. The van der Waals surface area contributed by atoms with Crippen LogP contribution >= 0.6 is 12.4 Å². The zero-order chi connectivity index (χ0) is 18.9. The first kappa shape index (κ1) is 23.0. The van der Waals surface area contributed by atoms with E-state index in [9.17, 15) is 9.59 Å². The van der Waals surface area contributed by atoms with Crippen LogP contribution in [0.3, 0.4) is 0 Å². The molecule has 0 bridgehead atoms. The number of halogens is 1. The van der Waals surface area contributed by atoms with Crippen LogP contribution in [0.25, 0.3) is 0 Å². The molecule has 1 atom stereocenters. The van der Waals surface area contributed by atoms with Gasteiger partial charge in [-0.15, -0.1) is 12.4 Å². The fourth-order valence-corrected chi connectivity index (χ4v) is 3.11. The summed E-state index contributed by atoms with van der Waals surface area (Å²) in [5.41, 5.74) is 0.442. The summed E-state index contributed by atoms with van der Waals surface area (Å²) in [7, 11) is 3.08. The molecule has 7 nitrogen and oxygen atoms in total. The van der Waals surface area contributed by atoms with E-state index in [2.05, 4.69) is 17.6 Å². The molecule has 1 fully saturated rings. The Morgan fingerprint density at radius 3 is 2.63 bits per heavy atom. The van der Waals surface area contributed by atoms with E-state index in [1.165, 1.54) is 7.11 Å². The van der Waals surface area contributed by atoms with Crippen molar-refractivity contribution in [3.05, 3.63) is 23.8 Å². The Morgan fingerprint density at radius 2 is 1.96 bits per heavy atom. The Morgan fingerprint density at radius 1 is 1.19 bits per heavy atom. The van der Waals surface area contributed by atoms with Crippen molar-refractivity contribution in [3.8, 4) is 11.5 Å². The van der Waals surface area contributed by atoms with Crippen LogP contribution < -0.4 is 20.1 Å². The van der Waals surface area contributed by atoms with Gasteiger partial charge >= 0.3 is 0 Å². The van der Waals surface area contributed by atoms with Crippen LogP contribution in [0, 0.1) is 0 Å². The number of nitrogens with zero attached hydrogens (tertiary/aromatic N) is 1. The lowest BCUT2D eigenvalue weighted by Crippen LogP contribution is -2.47. The first-order valence-corrected chi connectivity index (χ1v) is 9.13. The van der Waals surface area contributed by atoms with Gasteiger partial charge in [0.1, 0.15) is 17.5 Å². The summed E-state index contributed by atoms with van der Waals surface area (Å²) in [6.07, 6.45) is 2.55. The average Bonchev–Trinajstić information content (AvgIpc) is 3.16. The fraction of sp³-hybridized carbons (Fsp3) is 0.579. The standard InChI is InChI=1S/C19H29N3O4.ClH/c1-4-9-20-10-11-21-18(23)16-6-5-12-22(16)19(24)15-8-7-14(25-2)13-17(15)26-3;/h7-8,13,16,20H,4-6,9-12H2,1-3H3,(H,21,23);1H. The van der Waals surface area contributed by atoms with Crippen molar-refractivity contribution in [1.29, 1.82) is 0 Å². The zero-order valence-electron chi connectivity index (χ0n) is 16.2. The quantitative estimate of drug-likeness (QED) is 0.619. The van der Waals surface area contributed by atoms with Gasteiger partial charge in [-0.3, -0.25) is 9.59 Å². The molecule has 1 aromatic rings. The van der Waals surface area contributed by atoms with Crippen molar-refractivity contribution in [2.75, 3.05) is 40.4 Å². The second kappa shape index (κ2) is 11.7. The first-order valence-electron chi connectivity index (χ1n) is 9.13. The fourth-order valence-electron chi connectivity index (χ4n) is 3.11. The maximum atomic E-state index is 13.0. The van der Waals surface area contributed by atoms with Gasteiger partial charge in [0, 0.05) is 25.7 Å². The maximum absolute atomic E-state index is 13.0. The molecule has 0 radical (unpaired) electrons. The summed E-state index contributed by atoms with van der Waals surface area (Å²) < 4.78 is 10.5. The molecule has 152 valence electrons. The van der Waals surface area contributed by atoms with E-state index < -0.39 is 6.04 Å². The highest BCUT2D eigenvalue weighted by atomic mass is 35.5. The van der Waals surface area contributed by atoms with Gasteiger partial charge in [-0.05, 0) is 37.9 Å². The van der Waals surface area contributed by atoms with Gasteiger partial charge in [-0.1, -0.05) is 6.92 Å². The highest BCUT2D eigenvalue weighted by Crippen LogP contribution is 2.28. The monoisotopic (exact) mass is 399 g/mol. The van der Waals surface area contributed by atoms with E-state index in [-0.39, 0.29) is 24.2 Å². The molecular formula is C19H30ClN3O4. The minimum absolute atomic E-state index is 0. The van der Waals surface area contributed by atoms with Gasteiger partial charge in [-0.25, -0.2) is 0 Å². The average molecular weight is 400 g/mol. The Bertz CT molecular complexity index is 627. The van der Waals surface area contributed by atoms with Crippen molar-refractivity contribution >= 4 is 24.2 Å². The number of methoxy groups -OCH3 is 2. The van der Waals surface area contributed by atoms with E-state index in [1.807, 2.05) is 0 Å². The SMILES string of the molecule is CCCNCCNC(=O)C1CCCN1C(=O)c1ccc(OC)cc1OC.Cl. The number of amides is 2. The third kappa shape index (κ3) is 6.01. The number of nitrogens with one attached hydrogen (secondary N) is 2. The lowest BCUT2D eigenvalue weighted by atomic mass is 10.1. The molecule has 8 heteroatoms. The van der Waals surface area contributed by atoms with Crippen molar-refractivity contribution < 1.29 is 19.1 Å². The highest BCUT2D eigenvalue weighted by molar-refractivity contribution is 6.00. The van der Waals surface area contributed by atoms with Gasteiger partial charge in [0.25, 0.3) is 5.91 Å². The van der Waals surface area contributed by atoms with Crippen LogP contribution in [0.4, 0.5) is 0 Å². The lowest BCUT2D eigenvalue weighted by Gasteiger charge is -2.25. The number of rotatable bonds is 9. The number of ether oxygens (including phenoxy) is 2. The molecule has 1 heterocycles. The second-order valence-corrected chi connectivity index (χ2v) is 6.26. The van der Waals surface area contributed by atoms with Gasteiger partial charge < -0.3 is 25.0 Å². The number of hydrogen-bond donors (Lipinski definition) is 2. The van der Waals surface area contributed by atoms with E-state index >= 15 is 0 Å². The van der Waals surface area contributed by atoms with Crippen molar-refractivity contribution in [2.24, 2.45) is 0 Å². The van der Waals surface area contributed by atoms with Gasteiger partial charge in [0.15, 0.2) is 0 Å². The van der Waals surface area contributed by atoms with Crippen LogP contribution in [-0.4, -0.2) is 63.2 Å². The molecule has 0 saturated carbocycles. The number of carbonyl (C=O) groups is 2. The predicted molar refractivity (Wildman–Crippen MR) is 107 cm³/mol. The van der Waals surface area contributed by atoms with E-state index in [0.29, 0.717) is 36.6 Å². The first-order chi connectivity index (χ1) is 12.6. The van der Waals surface area contributed by atoms with Crippen molar-refractivity contribution in [2.45, 2.75) is 32.2 Å². The second-order valence-electron chi connectivity index (χ2n) is 6.26. The third-order valence-corrected chi connectivity index (χ3v) is 4.48. The van der Waals surface area contributed by atoms with Crippen molar-refractivity contribution in [3.63, 3.8) is 0 Å². The molecule has 2 N–H and O–H groups in total. The number of carbonyl (C=O) groups excluding carboxylic acids is 2. The van der Waals surface area contributed by atoms with Gasteiger partial charge in [0.05, 0.1) is 19.8 Å². The number of benzene rings is 1. The van der Waals surface area contributed by atoms with Gasteiger partial charge in [-0.2, -0.15) is 0 Å². The van der Waals surface area contributed by atoms with Crippen LogP contribution in [0.2, 0.25) is 0 Å². The summed E-state index contributed by atoms with van der Waals surface area (Å²) in [6, 6.07) is 4.65. The number of likely N-dealkylation sites (tertiary alicyclic amines) is 1. The molecule has 0 spiro atoms. The smallest absolute Gasteiger partial charge is 0.258 e. The van der Waals surface area contributed by atoms with E-state index in [4.69, 9.17) is 9.47 Å². The van der Waals surface area contributed by atoms with Crippen LogP contribution in [0.1, 0.15) is 36.5 Å². The normalized spacial score (nSPS) is 15.8. The molecule has 1 aliphatic rings. The Hall–Kier alpha value is -1.99. The Kier molecular flexibility index (Phi) is 9.96. The Balaban J connectivity index is 0.00000364. The number of hydrogen-bond acceptors (Lipinski definition) is 5. The lowest BCUT2D eigenvalue weighted by molar-refractivity contribution is -0.124. The topological polar surface area (TPSA) is 79.9 Å². The zero-order valence-corrected chi connectivity index (χ0v) is 17.1. The molecule has 27 heavy (non-hydrogen) atoms. The summed E-state index contributed by atoms with van der Waals surface area (Å²) >= 11 is 0. The van der Waals surface area contributed by atoms with E-state index in [0.717, 1.165) is 25.9 Å². The third-order valence-electron chi connectivity index (χ3n) is 4.48.